The van der Waals surface area contributed by atoms with Crippen molar-refractivity contribution in [3.8, 4) is 0 Å². The maximum atomic E-state index is 13.5. The number of amides is 1. The maximum Gasteiger partial charge on any atom is 0.494 e. The Bertz CT molecular complexity index is 1030. The summed E-state index contributed by atoms with van der Waals surface area (Å²) in [4.78, 5) is 16.7. The van der Waals surface area contributed by atoms with Gasteiger partial charge in [0.05, 0.1) is 17.2 Å². The number of carbonyl (C=O) groups excluding carboxylic acids is 1. The van der Waals surface area contributed by atoms with Crippen LogP contribution in [0.15, 0.2) is 53.4 Å². The van der Waals surface area contributed by atoms with E-state index in [1.54, 1.807) is 11.8 Å². The van der Waals surface area contributed by atoms with Crippen molar-refractivity contribution in [1.82, 2.24) is 4.90 Å². The highest BCUT2D eigenvalue weighted by Crippen LogP contribution is 2.41. The van der Waals surface area contributed by atoms with Crippen LogP contribution >= 0.6 is 11.8 Å². The van der Waals surface area contributed by atoms with Crippen molar-refractivity contribution in [2.24, 2.45) is 0 Å². The number of carbonyl (C=O) groups is 1. The lowest BCUT2D eigenvalue weighted by Gasteiger charge is -2.42. The molecule has 7 heteroatoms. The van der Waals surface area contributed by atoms with Crippen LogP contribution in [0.3, 0.4) is 0 Å². The van der Waals surface area contributed by atoms with E-state index in [9.17, 15) is 4.79 Å². The van der Waals surface area contributed by atoms with Gasteiger partial charge in [-0.25, -0.2) is 4.79 Å². The average molecular weight is 510 g/mol. The number of nitrogens with zero attached hydrogens (tertiary/aromatic N) is 1. The first-order valence-electron chi connectivity index (χ1n) is 13.2. The molecule has 2 aliphatic heterocycles. The van der Waals surface area contributed by atoms with Crippen molar-refractivity contribution in [1.29, 1.82) is 0 Å². The lowest BCUT2D eigenvalue weighted by Crippen LogP contribution is -2.46. The molecule has 1 amide bonds. The van der Waals surface area contributed by atoms with Gasteiger partial charge in [0.15, 0.2) is 0 Å². The zero-order valence-electron chi connectivity index (χ0n) is 22.6. The van der Waals surface area contributed by atoms with E-state index < -0.39 is 7.12 Å². The summed E-state index contributed by atoms with van der Waals surface area (Å²) in [7, 11) is -0.402. The lowest BCUT2D eigenvalue weighted by molar-refractivity contribution is 0.00578. The predicted molar refractivity (Wildman–Crippen MR) is 148 cm³/mol. The summed E-state index contributed by atoms with van der Waals surface area (Å²) in [6.07, 6.45) is 6.95. The summed E-state index contributed by atoms with van der Waals surface area (Å²) in [5, 5.41) is 0. The minimum Gasteiger partial charge on any atom is -0.445 e. The van der Waals surface area contributed by atoms with Gasteiger partial charge < -0.3 is 14.0 Å². The molecule has 0 aromatic heterocycles. The van der Waals surface area contributed by atoms with Gasteiger partial charge in [-0.05, 0) is 82.3 Å². The Hall–Kier alpha value is -1.96. The molecule has 2 saturated heterocycles. The average Bonchev–Trinajstić information content (AvgIpc) is 3.09. The van der Waals surface area contributed by atoms with Gasteiger partial charge >= 0.3 is 13.2 Å². The standard InChI is InChI=1S/C29H40BNO4S/c1-7-12-23-15-11-16-25(31(23)27(32)33-20-21-13-9-8-10-14-21)24-18-17-22(19-26(24)36-6)30-34-28(2,3)29(4,5)35-30/h8-10,13-14,17-19,23,25H,7,11-12,15-16,20H2,1-6H3/t23-,25+/m1/s1. The van der Waals surface area contributed by atoms with Gasteiger partial charge in [-0.2, -0.15) is 0 Å². The number of hydrogen-bond acceptors (Lipinski definition) is 5. The number of piperidine rings is 1. The first kappa shape index (κ1) is 27.1. The second kappa shape index (κ2) is 11.2. The molecule has 0 bridgehead atoms. The third-order valence-corrected chi connectivity index (χ3v) is 8.72. The Morgan fingerprint density at radius 1 is 1.08 bits per heavy atom. The van der Waals surface area contributed by atoms with E-state index in [0.29, 0.717) is 0 Å². The van der Waals surface area contributed by atoms with E-state index in [4.69, 9.17) is 14.0 Å². The number of ether oxygens (including phenoxy) is 1. The molecule has 2 heterocycles. The number of benzene rings is 2. The molecule has 5 nitrogen and oxygen atoms in total. The van der Waals surface area contributed by atoms with E-state index >= 15 is 0 Å². The van der Waals surface area contributed by atoms with Gasteiger partial charge in [0, 0.05) is 10.9 Å². The number of hydrogen-bond donors (Lipinski definition) is 0. The fraction of sp³-hybridized carbons (Fsp3) is 0.552. The summed E-state index contributed by atoms with van der Waals surface area (Å²) in [5.41, 5.74) is 2.43. The number of likely N-dealkylation sites (tertiary alicyclic amines) is 1. The molecule has 2 aromatic rings. The van der Waals surface area contributed by atoms with E-state index in [-0.39, 0.29) is 36.0 Å². The second-order valence-corrected chi connectivity index (χ2v) is 11.8. The molecule has 4 rings (SSSR count). The third kappa shape index (κ3) is 5.63. The van der Waals surface area contributed by atoms with Crippen LogP contribution < -0.4 is 5.46 Å². The highest BCUT2D eigenvalue weighted by atomic mass is 32.2. The molecule has 0 N–H and O–H groups in total. The van der Waals surface area contributed by atoms with Gasteiger partial charge in [-0.1, -0.05) is 55.8 Å². The molecule has 0 unspecified atom stereocenters. The predicted octanol–water partition coefficient (Wildman–Crippen LogP) is 6.74. The van der Waals surface area contributed by atoms with Crippen LogP contribution in [-0.2, 0) is 20.7 Å². The van der Waals surface area contributed by atoms with Crippen molar-refractivity contribution >= 4 is 30.4 Å². The van der Waals surface area contributed by atoms with Crippen molar-refractivity contribution in [3.63, 3.8) is 0 Å². The molecule has 0 saturated carbocycles. The zero-order valence-corrected chi connectivity index (χ0v) is 23.4. The lowest BCUT2D eigenvalue weighted by atomic mass is 9.78. The first-order valence-corrected chi connectivity index (χ1v) is 14.4. The third-order valence-electron chi connectivity index (χ3n) is 7.92. The Morgan fingerprint density at radius 3 is 2.42 bits per heavy atom. The quantitative estimate of drug-likeness (QED) is 0.306. The van der Waals surface area contributed by atoms with Crippen LogP contribution in [0.4, 0.5) is 4.79 Å². The van der Waals surface area contributed by atoms with Crippen molar-refractivity contribution in [3.05, 3.63) is 59.7 Å². The fourth-order valence-electron chi connectivity index (χ4n) is 5.20. The molecule has 2 fully saturated rings. The Morgan fingerprint density at radius 2 is 1.78 bits per heavy atom. The molecular formula is C29H40BNO4S. The van der Waals surface area contributed by atoms with E-state index in [2.05, 4.69) is 59.1 Å². The molecule has 194 valence electrons. The minimum absolute atomic E-state index is 0.00614. The van der Waals surface area contributed by atoms with Crippen molar-refractivity contribution < 1.29 is 18.8 Å². The van der Waals surface area contributed by atoms with Crippen LogP contribution in [0.5, 0.6) is 0 Å². The van der Waals surface area contributed by atoms with Gasteiger partial charge in [0.2, 0.25) is 0 Å². The molecule has 2 atom stereocenters. The Balaban J connectivity index is 1.60. The summed E-state index contributed by atoms with van der Waals surface area (Å²) >= 11 is 1.71. The smallest absolute Gasteiger partial charge is 0.445 e. The largest absolute Gasteiger partial charge is 0.494 e. The summed E-state index contributed by atoms with van der Waals surface area (Å²) in [6, 6.07) is 16.5. The molecule has 0 spiro atoms. The highest BCUT2D eigenvalue weighted by molar-refractivity contribution is 7.98. The van der Waals surface area contributed by atoms with Gasteiger partial charge in [-0.15, -0.1) is 11.8 Å². The number of thioether (sulfide) groups is 1. The zero-order chi connectivity index (χ0) is 25.9. The molecular weight excluding hydrogens is 469 g/mol. The SMILES string of the molecule is CCC[C@@H]1CCC[C@@H](c2ccc(B3OC(C)(C)C(C)(C)O3)cc2SC)N1C(=O)OCc1ccccc1. The Labute approximate surface area is 221 Å². The first-order chi connectivity index (χ1) is 17.2. The summed E-state index contributed by atoms with van der Waals surface area (Å²) in [5.74, 6) is 0. The van der Waals surface area contributed by atoms with E-state index in [0.717, 1.165) is 48.0 Å². The van der Waals surface area contributed by atoms with Crippen LogP contribution in [0.1, 0.15) is 83.9 Å². The van der Waals surface area contributed by atoms with Gasteiger partial charge in [-0.3, -0.25) is 4.90 Å². The maximum absolute atomic E-state index is 13.5. The van der Waals surface area contributed by atoms with Crippen molar-refractivity contribution in [2.75, 3.05) is 6.26 Å². The van der Waals surface area contributed by atoms with Gasteiger partial charge in [0.25, 0.3) is 0 Å². The highest BCUT2D eigenvalue weighted by Gasteiger charge is 2.51. The topological polar surface area (TPSA) is 48.0 Å². The van der Waals surface area contributed by atoms with Crippen LogP contribution in [-0.4, -0.2) is 41.6 Å². The minimum atomic E-state index is -0.402. The molecule has 2 aliphatic rings. The molecule has 0 aliphatic carbocycles. The Kier molecular flexibility index (Phi) is 8.43. The summed E-state index contributed by atoms with van der Waals surface area (Å²) < 4.78 is 18.5. The summed E-state index contributed by atoms with van der Waals surface area (Å²) in [6.45, 7) is 10.8. The van der Waals surface area contributed by atoms with E-state index in [1.807, 2.05) is 35.2 Å². The molecule has 0 radical (unpaired) electrons. The van der Waals surface area contributed by atoms with E-state index in [1.165, 1.54) is 5.56 Å². The van der Waals surface area contributed by atoms with Crippen LogP contribution in [0.2, 0.25) is 0 Å². The molecule has 2 aromatic carbocycles. The van der Waals surface area contributed by atoms with Crippen LogP contribution in [0.25, 0.3) is 0 Å². The van der Waals surface area contributed by atoms with Gasteiger partial charge in [0.1, 0.15) is 6.61 Å². The number of rotatable bonds is 7. The fourth-order valence-corrected chi connectivity index (χ4v) is 5.89. The monoisotopic (exact) mass is 509 g/mol. The van der Waals surface area contributed by atoms with Crippen molar-refractivity contribution in [2.45, 2.75) is 102 Å². The van der Waals surface area contributed by atoms with Crippen LogP contribution in [0, 0.1) is 0 Å². The molecule has 36 heavy (non-hydrogen) atoms. The second-order valence-electron chi connectivity index (χ2n) is 10.9. The normalized spacial score (nSPS) is 23.1.